The lowest BCUT2D eigenvalue weighted by molar-refractivity contribution is -0.136. The summed E-state index contributed by atoms with van der Waals surface area (Å²) in [7, 11) is 2.14. The maximum atomic E-state index is 13.8. The Bertz CT molecular complexity index is 2710. The number of aliphatic imine (C=N–C) groups is 1. The Balaban J connectivity index is 0.782. The molecule has 6 heterocycles. The van der Waals surface area contributed by atoms with Crippen molar-refractivity contribution in [1.29, 1.82) is 0 Å². The molecule has 0 radical (unpaired) electrons. The number of nitrogens with zero attached hydrogens (tertiary/aromatic N) is 7. The van der Waals surface area contributed by atoms with Crippen molar-refractivity contribution in [3.8, 4) is 10.8 Å². The SMILES string of the molecule is Cc1c(C(=O)NCCCCCCCCNC(=O)COc2cccc3c2C(=O)N(C2CCC(=O)NC2=O)C3=O)sc2c1C(c1ccc(Cl)cc1)=NC(CC(=O)NCCCN1CCN(C)CC1)c1nnc(C)n1-2. The van der Waals surface area contributed by atoms with Crippen molar-refractivity contribution in [2.45, 2.75) is 90.1 Å². The van der Waals surface area contributed by atoms with Crippen molar-refractivity contribution in [2.75, 3.05) is 66.0 Å². The van der Waals surface area contributed by atoms with E-state index in [0.717, 1.165) is 104 Å². The second-order valence-corrected chi connectivity index (χ2v) is 19.8. The van der Waals surface area contributed by atoms with Gasteiger partial charge in [0, 0.05) is 68.4 Å². The number of imide groups is 2. The first-order chi connectivity index (χ1) is 34.3. The molecule has 4 aliphatic heterocycles. The number of benzene rings is 2. The summed E-state index contributed by atoms with van der Waals surface area (Å²) in [6, 6.07) is 10.2. The van der Waals surface area contributed by atoms with E-state index in [-0.39, 0.29) is 60.5 Å². The minimum atomic E-state index is -1.10. The molecular formula is C50H60ClN11O8S. The molecule has 0 spiro atoms. The van der Waals surface area contributed by atoms with Gasteiger partial charge >= 0.3 is 0 Å². The number of unbranched alkanes of at least 4 members (excludes halogenated alkanes) is 5. The van der Waals surface area contributed by atoms with Crippen LogP contribution in [0.2, 0.25) is 5.02 Å². The molecule has 376 valence electrons. The molecule has 2 atom stereocenters. The number of halogens is 1. The maximum Gasteiger partial charge on any atom is 0.266 e. The highest BCUT2D eigenvalue weighted by molar-refractivity contribution is 7.17. The van der Waals surface area contributed by atoms with Gasteiger partial charge in [0.05, 0.1) is 28.1 Å². The number of aromatic nitrogens is 3. The Morgan fingerprint density at radius 3 is 2.24 bits per heavy atom. The number of ether oxygens (including phenoxy) is 1. The Morgan fingerprint density at radius 1 is 0.817 bits per heavy atom. The first-order valence-corrected chi connectivity index (χ1v) is 25.6. The van der Waals surface area contributed by atoms with Crippen molar-refractivity contribution >= 4 is 70.0 Å². The zero-order valence-corrected chi connectivity index (χ0v) is 41.9. The molecule has 21 heteroatoms. The molecule has 4 N–H and O–H groups in total. The number of hydrogen-bond acceptors (Lipinski definition) is 14. The van der Waals surface area contributed by atoms with Crippen LogP contribution in [-0.4, -0.2) is 149 Å². The van der Waals surface area contributed by atoms with Crippen molar-refractivity contribution in [2.24, 2.45) is 4.99 Å². The average Bonchev–Trinajstić information content (AvgIpc) is 3.95. The van der Waals surface area contributed by atoms with Gasteiger partial charge < -0.3 is 30.5 Å². The zero-order chi connectivity index (χ0) is 50.2. The number of carbonyl (C=O) groups is 7. The fourth-order valence-electron chi connectivity index (χ4n) is 9.35. The van der Waals surface area contributed by atoms with Crippen molar-refractivity contribution in [3.05, 3.63) is 91.8 Å². The summed E-state index contributed by atoms with van der Waals surface area (Å²) in [6.45, 7) is 10.0. The van der Waals surface area contributed by atoms with Crippen LogP contribution in [0.25, 0.3) is 5.00 Å². The highest BCUT2D eigenvalue weighted by Crippen LogP contribution is 2.40. The standard InChI is InChI=1S/C50H60ClN11O8S/c1-30-41-43(32-14-16-33(51)17-15-32)55-35(28-39(64)52-22-11-23-60-26-24-59(3)25-27-60)45-58-57-31(2)61(45)50(41)71-44(30)47(67)54-21-9-7-5-4-6-8-20-53-40(65)29-70-37-13-10-12-34-42(37)49(69)62(48(34)68)36-18-19-38(63)56-46(36)66/h10,12-17,35-36H,4-9,11,18-29H2,1-3H3,(H,52,64)(H,53,65)(H,54,67)(H,56,63,66). The second kappa shape index (κ2) is 23.3. The number of hydrogen-bond donors (Lipinski definition) is 4. The predicted octanol–water partition coefficient (Wildman–Crippen LogP) is 4.30. The number of thiophene rings is 1. The van der Waals surface area contributed by atoms with Crippen LogP contribution in [0.1, 0.15) is 129 Å². The van der Waals surface area contributed by atoms with Crippen LogP contribution in [0, 0.1) is 13.8 Å². The minimum Gasteiger partial charge on any atom is -0.483 e. The molecule has 2 aromatic carbocycles. The van der Waals surface area contributed by atoms with Crippen LogP contribution in [-0.2, 0) is 19.2 Å². The van der Waals surface area contributed by atoms with Gasteiger partial charge in [0.15, 0.2) is 12.4 Å². The topological polar surface area (TPSA) is 230 Å². The number of rotatable bonds is 21. The first-order valence-electron chi connectivity index (χ1n) is 24.4. The number of aryl methyl sites for hydroxylation is 1. The van der Waals surface area contributed by atoms with Crippen LogP contribution in [0.3, 0.4) is 0 Å². The lowest BCUT2D eigenvalue weighted by Crippen LogP contribution is -2.54. The number of nitrogens with one attached hydrogen (secondary N) is 4. The molecule has 0 saturated carbocycles. The molecule has 71 heavy (non-hydrogen) atoms. The van der Waals surface area contributed by atoms with Crippen molar-refractivity contribution in [1.82, 2.24) is 50.7 Å². The van der Waals surface area contributed by atoms with Gasteiger partial charge in [-0.05, 0) is 83.0 Å². The lowest BCUT2D eigenvalue weighted by Gasteiger charge is -2.32. The van der Waals surface area contributed by atoms with E-state index in [1.54, 1.807) is 12.1 Å². The quantitative estimate of drug-likeness (QED) is 0.0677. The molecule has 8 rings (SSSR count). The average molecular weight is 1010 g/mol. The predicted molar refractivity (Wildman–Crippen MR) is 266 cm³/mol. The van der Waals surface area contributed by atoms with E-state index >= 15 is 0 Å². The third kappa shape index (κ3) is 11.9. The maximum absolute atomic E-state index is 13.8. The summed E-state index contributed by atoms with van der Waals surface area (Å²) < 4.78 is 7.61. The van der Waals surface area contributed by atoms with E-state index < -0.39 is 35.7 Å². The van der Waals surface area contributed by atoms with E-state index in [1.807, 2.05) is 30.5 Å². The van der Waals surface area contributed by atoms with Crippen LogP contribution in [0.15, 0.2) is 47.5 Å². The molecule has 0 aliphatic carbocycles. The van der Waals surface area contributed by atoms with E-state index in [4.69, 9.17) is 21.3 Å². The molecule has 2 aromatic heterocycles. The lowest BCUT2D eigenvalue weighted by atomic mass is 9.99. The molecular weight excluding hydrogens is 950 g/mol. The van der Waals surface area contributed by atoms with E-state index in [1.165, 1.54) is 29.5 Å². The summed E-state index contributed by atoms with van der Waals surface area (Å²) in [5, 5.41) is 21.5. The van der Waals surface area contributed by atoms with Crippen LogP contribution in [0.4, 0.5) is 0 Å². The Labute approximate surface area is 421 Å². The molecule has 0 bridgehead atoms. The summed E-state index contributed by atoms with van der Waals surface area (Å²) in [6.07, 6.45) is 6.22. The van der Waals surface area contributed by atoms with Crippen LogP contribution >= 0.6 is 22.9 Å². The molecule has 4 aliphatic rings. The number of likely N-dealkylation sites (N-methyl/N-ethyl adjacent to an activating group) is 1. The van der Waals surface area contributed by atoms with Gasteiger partial charge in [0.1, 0.15) is 28.7 Å². The number of amides is 7. The van der Waals surface area contributed by atoms with E-state index in [2.05, 4.69) is 48.3 Å². The van der Waals surface area contributed by atoms with Gasteiger partial charge in [-0.1, -0.05) is 55.5 Å². The summed E-state index contributed by atoms with van der Waals surface area (Å²) in [5.74, 6) is -1.97. The number of fused-ring (bicyclic) bond motifs is 4. The Hall–Kier alpha value is -6.35. The summed E-state index contributed by atoms with van der Waals surface area (Å²) >= 11 is 7.68. The Kier molecular flexibility index (Phi) is 16.7. The molecule has 2 unspecified atom stereocenters. The molecule has 7 amide bonds. The molecule has 19 nitrogen and oxygen atoms in total. The minimum absolute atomic E-state index is 0.00906. The van der Waals surface area contributed by atoms with Gasteiger partial charge in [-0.25, -0.2) is 0 Å². The highest BCUT2D eigenvalue weighted by atomic mass is 35.5. The van der Waals surface area contributed by atoms with E-state index in [9.17, 15) is 33.6 Å². The van der Waals surface area contributed by atoms with Crippen molar-refractivity contribution in [3.63, 3.8) is 0 Å². The molecule has 2 saturated heterocycles. The third-order valence-corrected chi connectivity index (χ3v) is 14.8. The monoisotopic (exact) mass is 1010 g/mol. The van der Waals surface area contributed by atoms with Gasteiger partial charge in [0.25, 0.3) is 23.6 Å². The molecule has 2 fully saturated rings. The van der Waals surface area contributed by atoms with Gasteiger partial charge in [0.2, 0.25) is 17.7 Å². The number of piperidine rings is 1. The fraction of sp³-hybridized carbons (Fsp3) is 0.480. The smallest absolute Gasteiger partial charge is 0.266 e. The molecule has 4 aromatic rings. The highest BCUT2D eigenvalue weighted by Gasteiger charge is 2.46. The normalized spacial score (nSPS) is 18.0. The third-order valence-electron chi connectivity index (χ3n) is 13.3. The van der Waals surface area contributed by atoms with Gasteiger partial charge in [-0.15, -0.1) is 21.5 Å². The van der Waals surface area contributed by atoms with Gasteiger partial charge in [-0.2, -0.15) is 0 Å². The van der Waals surface area contributed by atoms with Crippen LogP contribution < -0.4 is 26.0 Å². The number of piperazine rings is 1. The Morgan fingerprint density at radius 2 is 1.51 bits per heavy atom. The second-order valence-electron chi connectivity index (χ2n) is 18.4. The largest absolute Gasteiger partial charge is 0.483 e. The number of carbonyl (C=O) groups excluding carboxylic acids is 7. The van der Waals surface area contributed by atoms with E-state index in [0.29, 0.717) is 46.9 Å². The van der Waals surface area contributed by atoms with Gasteiger partial charge in [-0.3, -0.25) is 53.3 Å². The van der Waals surface area contributed by atoms with Crippen molar-refractivity contribution < 1.29 is 38.3 Å². The first kappa shape index (κ1) is 51.0. The fourth-order valence-corrected chi connectivity index (χ4v) is 10.8. The summed E-state index contributed by atoms with van der Waals surface area (Å²) in [4.78, 5) is 102. The van der Waals surface area contributed by atoms with Crippen LogP contribution in [0.5, 0.6) is 5.75 Å². The zero-order valence-electron chi connectivity index (χ0n) is 40.3. The summed E-state index contributed by atoms with van der Waals surface area (Å²) in [5.41, 5.74) is 3.09.